The molecule has 0 saturated heterocycles. The van der Waals surface area contributed by atoms with Gasteiger partial charge in [0.25, 0.3) is 0 Å². The number of halogens is 1. The largest absolute Gasteiger partial charge is 0.490 e. The van der Waals surface area contributed by atoms with Gasteiger partial charge in [0, 0.05) is 10.6 Å². The number of aryl methyl sites for hydroxylation is 2. The summed E-state index contributed by atoms with van der Waals surface area (Å²) in [6.45, 7) is 4.48. The Morgan fingerprint density at radius 1 is 0.935 bits per heavy atom. The van der Waals surface area contributed by atoms with E-state index in [2.05, 4.69) is 6.92 Å². The van der Waals surface area contributed by atoms with Crippen molar-refractivity contribution in [3.8, 4) is 22.8 Å². The van der Waals surface area contributed by atoms with E-state index < -0.39 is 0 Å². The van der Waals surface area contributed by atoms with Gasteiger partial charge in [-0.15, -0.1) is 0 Å². The second kappa shape index (κ2) is 9.27. The summed E-state index contributed by atoms with van der Waals surface area (Å²) >= 11 is 6.24. The van der Waals surface area contributed by atoms with Crippen LogP contribution in [-0.4, -0.2) is 13.2 Å². The van der Waals surface area contributed by atoms with Crippen molar-refractivity contribution in [2.45, 2.75) is 20.3 Å². The highest BCUT2D eigenvalue weighted by Crippen LogP contribution is 2.32. The van der Waals surface area contributed by atoms with Crippen LogP contribution in [0.3, 0.4) is 0 Å². The molecule has 0 aliphatic rings. The van der Waals surface area contributed by atoms with Gasteiger partial charge in [-0.3, -0.25) is 4.79 Å². The number of hydrogen-bond acceptors (Lipinski definition) is 4. The molecule has 158 valence electrons. The predicted molar refractivity (Wildman–Crippen MR) is 124 cm³/mol. The number of benzene rings is 3. The molecule has 5 heteroatoms. The van der Waals surface area contributed by atoms with Gasteiger partial charge in [-0.05, 0) is 48.7 Å². The zero-order chi connectivity index (χ0) is 21.8. The molecule has 31 heavy (non-hydrogen) atoms. The Morgan fingerprint density at radius 3 is 2.35 bits per heavy atom. The van der Waals surface area contributed by atoms with Crippen LogP contribution in [0.2, 0.25) is 5.02 Å². The number of ether oxygens (including phenoxy) is 2. The number of fused-ring (bicyclic) bond motifs is 1. The van der Waals surface area contributed by atoms with E-state index in [0.29, 0.717) is 28.4 Å². The van der Waals surface area contributed by atoms with Crippen LogP contribution in [-0.2, 0) is 6.42 Å². The van der Waals surface area contributed by atoms with Gasteiger partial charge in [0.2, 0.25) is 11.2 Å². The van der Waals surface area contributed by atoms with Crippen LogP contribution < -0.4 is 14.9 Å². The second-order valence-corrected chi connectivity index (χ2v) is 7.65. The van der Waals surface area contributed by atoms with E-state index in [0.717, 1.165) is 23.3 Å². The fraction of sp³-hybridized carbons (Fsp3) is 0.192. The zero-order valence-electron chi connectivity index (χ0n) is 17.5. The van der Waals surface area contributed by atoms with Crippen molar-refractivity contribution in [1.29, 1.82) is 0 Å². The Kier molecular flexibility index (Phi) is 6.28. The molecule has 0 radical (unpaired) electrons. The van der Waals surface area contributed by atoms with Gasteiger partial charge in [-0.2, -0.15) is 0 Å². The summed E-state index contributed by atoms with van der Waals surface area (Å²) in [5.41, 5.74) is 3.08. The smallest absolute Gasteiger partial charge is 0.235 e. The SMILES string of the molecule is CCc1ccc(OCCOc2c(-c3ccccc3)oc3cc(C)c(Cl)cc3c2=O)cc1. The summed E-state index contributed by atoms with van der Waals surface area (Å²) in [6.07, 6.45) is 0.979. The number of rotatable bonds is 7. The third-order valence-electron chi connectivity index (χ3n) is 5.10. The lowest BCUT2D eigenvalue weighted by atomic mass is 10.1. The van der Waals surface area contributed by atoms with Gasteiger partial charge in [0.15, 0.2) is 5.76 Å². The van der Waals surface area contributed by atoms with E-state index >= 15 is 0 Å². The molecule has 0 aliphatic heterocycles. The highest BCUT2D eigenvalue weighted by Gasteiger charge is 2.18. The molecule has 3 aromatic carbocycles. The first kappa shape index (κ1) is 21.0. The van der Waals surface area contributed by atoms with Crippen molar-refractivity contribution in [3.05, 3.63) is 93.1 Å². The maximum Gasteiger partial charge on any atom is 0.235 e. The Morgan fingerprint density at radius 2 is 1.65 bits per heavy atom. The Balaban J connectivity index is 1.62. The molecule has 0 unspecified atom stereocenters. The normalized spacial score (nSPS) is 10.9. The molecule has 0 spiro atoms. The van der Waals surface area contributed by atoms with E-state index in [1.54, 1.807) is 12.1 Å². The van der Waals surface area contributed by atoms with Crippen molar-refractivity contribution in [3.63, 3.8) is 0 Å². The third kappa shape index (κ3) is 4.59. The molecule has 1 heterocycles. The van der Waals surface area contributed by atoms with E-state index in [9.17, 15) is 4.79 Å². The van der Waals surface area contributed by atoms with Crippen LogP contribution in [0.15, 0.2) is 75.9 Å². The lowest BCUT2D eigenvalue weighted by Crippen LogP contribution is -2.15. The maximum atomic E-state index is 13.2. The number of hydrogen-bond donors (Lipinski definition) is 0. The van der Waals surface area contributed by atoms with Gasteiger partial charge < -0.3 is 13.9 Å². The Bertz CT molecular complexity index is 1240. The summed E-state index contributed by atoms with van der Waals surface area (Å²) in [4.78, 5) is 13.2. The monoisotopic (exact) mass is 434 g/mol. The van der Waals surface area contributed by atoms with Crippen molar-refractivity contribution in [1.82, 2.24) is 0 Å². The molecular weight excluding hydrogens is 412 g/mol. The molecule has 0 amide bonds. The Labute approximate surface area is 186 Å². The first-order valence-corrected chi connectivity index (χ1v) is 10.6. The molecule has 4 rings (SSSR count). The highest BCUT2D eigenvalue weighted by molar-refractivity contribution is 6.32. The van der Waals surface area contributed by atoms with Crippen LogP contribution in [0.1, 0.15) is 18.1 Å². The minimum absolute atomic E-state index is 0.156. The quantitative estimate of drug-likeness (QED) is 0.314. The van der Waals surface area contributed by atoms with E-state index in [1.807, 2.05) is 61.5 Å². The van der Waals surface area contributed by atoms with E-state index in [4.69, 9.17) is 25.5 Å². The zero-order valence-corrected chi connectivity index (χ0v) is 18.2. The summed E-state index contributed by atoms with van der Waals surface area (Å²) < 4.78 is 17.8. The van der Waals surface area contributed by atoms with Gasteiger partial charge in [-0.25, -0.2) is 0 Å². The molecule has 0 saturated carbocycles. The summed E-state index contributed by atoms with van der Waals surface area (Å²) in [6, 6.07) is 20.8. The third-order valence-corrected chi connectivity index (χ3v) is 5.50. The summed E-state index contributed by atoms with van der Waals surface area (Å²) in [7, 11) is 0. The maximum absolute atomic E-state index is 13.2. The van der Waals surface area contributed by atoms with Crippen molar-refractivity contribution < 1.29 is 13.9 Å². The van der Waals surface area contributed by atoms with E-state index in [-0.39, 0.29) is 17.8 Å². The fourth-order valence-electron chi connectivity index (χ4n) is 3.33. The molecule has 1 aromatic heterocycles. The Hall–Kier alpha value is -3.24. The van der Waals surface area contributed by atoms with Crippen LogP contribution in [0.5, 0.6) is 11.5 Å². The molecule has 0 aliphatic carbocycles. The molecule has 0 bridgehead atoms. The van der Waals surface area contributed by atoms with Crippen LogP contribution in [0.25, 0.3) is 22.3 Å². The average Bonchev–Trinajstić information content (AvgIpc) is 2.80. The standard InChI is InChI=1S/C26H23ClO4/c1-3-18-9-11-20(12-10-18)29-13-14-30-26-24(28)21-16-22(27)17(2)15-23(21)31-25(26)19-7-5-4-6-8-19/h4-12,15-16H,3,13-14H2,1-2H3. The molecule has 0 fully saturated rings. The highest BCUT2D eigenvalue weighted by atomic mass is 35.5. The summed E-state index contributed by atoms with van der Waals surface area (Å²) in [5.74, 6) is 1.31. The first-order valence-electron chi connectivity index (χ1n) is 10.2. The van der Waals surface area contributed by atoms with Gasteiger partial charge in [0.1, 0.15) is 24.5 Å². The molecule has 4 nitrogen and oxygen atoms in total. The van der Waals surface area contributed by atoms with Crippen molar-refractivity contribution in [2.24, 2.45) is 0 Å². The average molecular weight is 435 g/mol. The topological polar surface area (TPSA) is 48.7 Å². The van der Waals surface area contributed by atoms with Gasteiger partial charge in [0.05, 0.1) is 5.39 Å². The predicted octanol–water partition coefficient (Wildman–Crippen LogP) is 6.44. The van der Waals surface area contributed by atoms with Crippen LogP contribution >= 0.6 is 11.6 Å². The molecular formula is C26H23ClO4. The minimum atomic E-state index is -0.255. The first-order chi connectivity index (χ1) is 15.1. The van der Waals surface area contributed by atoms with Gasteiger partial charge in [-0.1, -0.05) is 61.0 Å². The lowest BCUT2D eigenvalue weighted by molar-refractivity contribution is 0.214. The van der Waals surface area contributed by atoms with Crippen LogP contribution in [0, 0.1) is 6.92 Å². The lowest BCUT2D eigenvalue weighted by Gasteiger charge is -2.13. The van der Waals surface area contributed by atoms with E-state index in [1.165, 1.54) is 5.56 Å². The molecule has 0 N–H and O–H groups in total. The van der Waals surface area contributed by atoms with Gasteiger partial charge >= 0.3 is 0 Å². The molecule has 0 atom stereocenters. The summed E-state index contributed by atoms with van der Waals surface area (Å²) in [5, 5.41) is 0.901. The second-order valence-electron chi connectivity index (χ2n) is 7.25. The van der Waals surface area contributed by atoms with Crippen LogP contribution in [0.4, 0.5) is 0 Å². The fourth-order valence-corrected chi connectivity index (χ4v) is 3.50. The van der Waals surface area contributed by atoms with Crippen molar-refractivity contribution >= 4 is 22.6 Å². The molecule has 4 aromatic rings. The van der Waals surface area contributed by atoms with Crippen molar-refractivity contribution in [2.75, 3.05) is 13.2 Å². The minimum Gasteiger partial charge on any atom is -0.490 e.